The van der Waals surface area contributed by atoms with E-state index in [0.717, 1.165) is 5.56 Å². The molecule has 1 unspecified atom stereocenters. The van der Waals surface area contributed by atoms with Gasteiger partial charge in [0.2, 0.25) is 0 Å². The van der Waals surface area contributed by atoms with Gasteiger partial charge in [0.15, 0.2) is 0 Å². The van der Waals surface area contributed by atoms with Crippen molar-refractivity contribution < 1.29 is 0 Å². The summed E-state index contributed by atoms with van der Waals surface area (Å²) in [4.78, 5) is 0. The van der Waals surface area contributed by atoms with Crippen LogP contribution in [0.4, 0.5) is 0 Å². The molecule has 0 amide bonds. The van der Waals surface area contributed by atoms with Crippen molar-refractivity contribution >= 4 is 39.1 Å². The molecule has 1 aromatic carbocycles. The molecule has 1 atom stereocenters. The highest BCUT2D eigenvalue weighted by atomic mass is 79.9. The molecule has 0 saturated carbocycles. The first-order chi connectivity index (χ1) is 6.67. The number of halogens is 3. The Morgan fingerprint density at radius 3 is 2.71 bits per heavy atom. The molecule has 0 aliphatic heterocycles. The number of nitrogens with zero attached hydrogens (tertiary/aromatic N) is 1. The minimum Gasteiger partial charge on any atom is -0.198 e. The van der Waals surface area contributed by atoms with E-state index in [0.29, 0.717) is 21.8 Å². The van der Waals surface area contributed by atoms with E-state index in [4.69, 9.17) is 28.5 Å². The molecule has 0 spiro atoms. The molecule has 74 valence electrons. The molecule has 14 heavy (non-hydrogen) atoms. The second kappa shape index (κ2) is 5.60. The number of rotatable bonds is 3. The predicted octanol–water partition coefficient (Wildman–Crippen LogP) is 4.07. The standard InChI is InChI=1S/C10H8BrCl2N/c11-5-7(6-14)3-8-4-9(12)1-2-10(8)13/h1-2,4,7H,3,5H2. The maximum absolute atomic E-state index is 8.79. The summed E-state index contributed by atoms with van der Waals surface area (Å²) < 4.78 is 0. The Kier molecular flexibility index (Phi) is 4.74. The van der Waals surface area contributed by atoms with Gasteiger partial charge in [-0.3, -0.25) is 0 Å². The molecule has 0 aromatic heterocycles. The van der Waals surface area contributed by atoms with Gasteiger partial charge in [-0.05, 0) is 30.2 Å². The van der Waals surface area contributed by atoms with Crippen molar-refractivity contribution in [3.8, 4) is 6.07 Å². The monoisotopic (exact) mass is 291 g/mol. The zero-order valence-electron chi connectivity index (χ0n) is 7.30. The first kappa shape index (κ1) is 11.8. The number of hydrogen-bond donors (Lipinski definition) is 0. The maximum Gasteiger partial charge on any atom is 0.0668 e. The smallest absolute Gasteiger partial charge is 0.0668 e. The lowest BCUT2D eigenvalue weighted by Gasteiger charge is -2.07. The molecule has 0 aliphatic carbocycles. The number of nitriles is 1. The Balaban J connectivity index is 2.86. The van der Waals surface area contributed by atoms with Gasteiger partial charge >= 0.3 is 0 Å². The van der Waals surface area contributed by atoms with Crippen LogP contribution in [-0.2, 0) is 6.42 Å². The van der Waals surface area contributed by atoms with Gasteiger partial charge < -0.3 is 0 Å². The van der Waals surface area contributed by atoms with Crippen LogP contribution in [0.25, 0.3) is 0 Å². The highest BCUT2D eigenvalue weighted by molar-refractivity contribution is 9.09. The Labute approximate surface area is 102 Å². The SMILES string of the molecule is N#CC(CBr)Cc1cc(Cl)ccc1Cl. The highest BCUT2D eigenvalue weighted by Gasteiger charge is 2.09. The van der Waals surface area contributed by atoms with Crippen molar-refractivity contribution in [1.82, 2.24) is 0 Å². The Morgan fingerprint density at radius 1 is 1.43 bits per heavy atom. The Bertz CT molecular complexity index is 360. The van der Waals surface area contributed by atoms with Gasteiger partial charge in [0.25, 0.3) is 0 Å². The van der Waals surface area contributed by atoms with Crippen LogP contribution in [0.1, 0.15) is 5.56 Å². The van der Waals surface area contributed by atoms with E-state index in [1.807, 2.05) is 0 Å². The quantitative estimate of drug-likeness (QED) is 0.771. The minimum absolute atomic E-state index is 0.0639. The zero-order valence-corrected chi connectivity index (χ0v) is 10.4. The summed E-state index contributed by atoms with van der Waals surface area (Å²) >= 11 is 15.1. The minimum atomic E-state index is -0.0639. The molecule has 0 heterocycles. The Hall–Kier alpha value is -0.230. The molecule has 0 fully saturated rings. The molecule has 0 N–H and O–H groups in total. The van der Waals surface area contributed by atoms with Crippen LogP contribution in [0.2, 0.25) is 10.0 Å². The maximum atomic E-state index is 8.79. The lowest BCUT2D eigenvalue weighted by molar-refractivity contribution is 0.756. The van der Waals surface area contributed by atoms with Gasteiger partial charge in [0, 0.05) is 15.4 Å². The first-order valence-electron chi connectivity index (χ1n) is 4.07. The van der Waals surface area contributed by atoms with Crippen LogP contribution in [-0.4, -0.2) is 5.33 Å². The Morgan fingerprint density at radius 2 is 2.14 bits per heavy atom. The van der Waals surface area contributed by atoms with Crippen LogP contribution in [0.3, 0.4) is 0 Å². The molecule has 4 heteroatoms. The van der Waals surface area contributed by atoms with Crippen molar-refractivity contribution in [2.24, 2.45) is 5.92 Å². The lowest BCUT2D eigenvalue weighted by Crippen LogP contribution is -2.03. The summed E-state index contributed by atoms with van der Waals surface area (Å²) in [6, 6.07) is 7.49. The molecule has 1 nitrogen and oxygen atoms in total. The van der Waals surface area contributed by atoms with Gasteiger partial charge in [0.05, 0.1) is 12.0 Å². The molecule has 0 radical (unpaired) electrons. The van der Waals surface area contributed by atoms with Crippen molar-refractivity contribution in [3.05, 3.63) is 33.8 Å². The molecular formula is C10H8BrCl2N. The second-order valence-electron chi connectivity index (χ2n) is 2.92. The van der Waals surface area contributed by atoms with E-state index < -0.39 is 0 Å². The first-order valence-corrected chi connectivity index (χ1v) is 5.94. The van der Waals surface area contributed by atoms with E-state index in [2.05, 4.69) is 22.0 Å². The fourth-order valence-corrected chi connectivity index (χ4v) is 1.86. The summed E-state index contributed by atoms with van der Waals surface area (Å²) in [5.41, 5.74) is 0.921. The number of alkyl halides is 1. The average Bonchev–Trinajstić information content (AvgIpc) is 2.19. The number of benzene rings is 1. The topological polar surface area (TPSA) is 23.8 Å². The van der Waals surface area contributed by atoms with Crippen LogP contribution in [0.15, 0.2) is 18.2 Å². The third-order valence-electron chi connectivity index (χ3n) is 1.84. The molecular weight excluding hydrogens is 285 g/mol. The fourth-order valence-electron chi connectivity index (χ4n) is 1.10. The van der Waals surface area contributed by atoms with E-state index in [1.165, 1.54) is 0 Å². The number of hydrogen-bond acceptors (Lipinski definition) is 1. The molecule has 1 rings (SSSR count). The third kappa shape index (κ3) is 3.16. The molecule has 1 aromatic rings. The summed E-state index contributed by atoms with van der Waals surface area (Å²) in [6.45, 7) is 0. The van der Waals surface area contributed by atoms with Crippen LogP contribution in [0.5, 0.6) is 0 Å². The van der Waals surface area contributed by atoms with Crippen LogP contribution >= 0.6 is 39.1 Å². The van der Waals surface area contributed by atoms with E-state index >= 15 is 0 Å². The average molecular weight is 293 g/mol. The van der Waals surface area contributed by atoms with Crippen molar-refractivity contribution in [1.29, 1.82) is 5.26 Å². The largest absolute Gasteiger partial charge is 0.198 e. The summed E-state index contributed by atoms with van der Waals surface area (Å²) in [6.07, 6.45) is 0.626. The van der Waals surface area contributed by atoms with Crippen molar-refractivity contribution in [2.75, 3.05) is 5.33 Å². The van der Waals surface area contributed by atoms with Crippen molar-refractivity contribution in [2.45, 2.75) is 6.42 Å². The zero-order chi connectivity index (χ0) is 10.6. The van der Waals surface area contributed by atoms with Gasteiger partial charge in [-0.15, -0.1) is 0 Å². The van der Waals surface area contributed by atoms with Gasteiger partial charge in [-0.2, -0.15) is 5.26 Å². The predicted molar refractivity (Wildman–Crippen MR) is 63.1 cm³/mol. The van der Waals surface area contributed by atoms with Gasteiger partial charge in [0.1, 0.15) is 0 Å². The molecule has 0 aliphatic rings. The van der Waals surface area contributed by atoms with Gasteiger partial charge in [-0.25, -0.2) is 0 Å². The summed E-state index contributed by atoms with van der Waals surface area (Å²) in [5, 5.41) is 10.7. The molecule has 0 saturated heterocycles. The fraction of sp³-hybridized carbons (Fsp3) is 0.300. The normalized spacial score (nSPS) is 12.1. The van der Waals surface area contributed by atoms with Crippen LogP contribution in [0, 0.1) is 17.2 Å². The van der Waals surface area contributed by atoms with Crippen molar-refractivity contribution in [3.63, 3.8) is 0 Å². The van der Waals surface area contributed by atoms with E-state index in [9.17, 15) is 0 Å². The molecule has 0 bridgehead atoms. The van der Waals surface area contributed by atoms with E-state index in [-0.39, 0.29) is 5.92 Å². The van der Waals surface area contributed by atoms with Crippen LogP contribution < -0.4 is 0 Å². The van der Waals surface area contributed by atoms with E-state index in [1.54, 1.807) is 18.2 Å². The summed E-state index contributed by atoms with van der Waals surface area (Å²) in [5.74, 6) is -0.0639. The second-order valence-corrected chi connectivity index (χ2v) is 4.41. The third-order valence-corrected chi connectivity index (χ3v) is 3.23. The summed E-state index contributed by atoms with van der Waals surface area (Å²) in [7, 11) is 0. The van der Waals surface area contributed by atoms with Gasteiger partial charge in [-0.1, -0.05) is 39.1 Å². The lowest BCUT2D eigenvalue weighted by atomic mass is 10.0. The highest BCUT2D eigenvalue weighted by Crippen LogP contribution is 2.23.